The SMILES string of the molecule is CCOc1cc(C(C)(N)C(=O)COC(=O)C(F)(F)F)ccc1OC. The van der Waals surface area contributed by atoms with Crippen molar-refractivity contribution in [2.24, 2.45) is 5.73 Å². The maximum absolute atomic E-state index is 12.1. The number of rotatable bonds is 7. The van der Waals surface area contributed by atoms with Crippen LogP contribution in [0.25, 0.3) is 0 Å². The third-order valence-electron chi connectivity index (χ3n) is 3.21. The lowest BCUT2D eigenvalue weighted by atomic mass is 9.88. The predicted octanol–water partition coefficient (Wildman–Crippen LogP) is 1.94. The van der Waals surface area contributed by atoms with E-state index in [0.717, 1.165) is 0 Å². The summed E-state index contributed by atoms with van der Waals surface area (Å²) in [7, 11) is 1.43. The number of carbonyl (C=O) groups is 2. The third kappa shape index (κ3) is 4.60. The maximum Gasteiger partial charge on any atom is 0.490 e. The quantitative estimate of drug-likeness (QED) is 0.757. The first kappa shape index (κ1) is 19.8. The first-order valence-electron chi connectivity index (χ1n) is 6.91. The molecular formula is C15H18F3NO5. The van der Waals surface area contributed by atoms with E-state index >= 15 is 0 Å². The first-order chi connectivity index (χ1) is 11.0. The molecule has 0 spiro atoms. The van der Waals surface area contributed by atoms with Gasteiger partial charge in [-0.2, -0.15) is 13.2 Å². The minimum Gasteiger partial charge on any atom is -0.493 e. The Morgan fingerprint density at radius 3 is 2.33 bits per heavy atom. The number of hydrogen-bond acceptors (Lipinski definition) is 6. The molecule has 1 rings (SSSR count). The van der Waals surface area contributed by atoms with E-state index in [-0.39, 0.29) is 5.56 Å². The van der Waals surface area contributed by atoms with Gasteiger partial charge in [-0.1, -0.05) is 6.07 Å². The number of Topliss-reactive ketones (excluding diaryl/α,β-unsaturated/α-hetero) is 1. The summed E-state index contributed by atoms with van der Waals surface area (Å²) in [4.78, 5) is 22.8. The zero-order chi connectivity index (χ0) is 18.5. The van der Waals surface area contributed by atoms with Crippen LogP contribution in [0.3, 0.4) is 0 Å². The maximum atomic E-state index is 12.1. The van der Waals surface area contributed by atoms with Crippen LogP contribution >= 0.6 is 0 Å². The summed E-state index contributed by atoms with van der Waals surface area (Å²) >= 11 is 0. The van der Waals surface area contributed by atoms with Gasteiger partial charge >= 0.3 is 12.1 Å². The van der Waals surface area contributed by atoms with Crippen molar-refractivity contribution in [1.29, 1.82) is 0 Å². The molecule has 0 aliphatic carbocycles. The number of alkyl halides is 3. The Balaban J connectivity index is 2.96. The molecular weight excluding hydrogens is 331 g/mol. The van der Waals surface area contributed by atoms with E-state index in [1.807, 2.05) is 0 Å². The Kier molecular flexibility index (Phi) is 6.19. The molecule has 0 aliphatic rings. The average molecular weight is 349 g/mol. The fraction of sp³-hybridized carbons (Fsp3) is 0.467. The highest BCUT2D eigenvalue weighted by atomic mass is 19.4. The fourth-order valence-electron chi connectivity index (χ4n) is 1.79. The van der Waals surface area contributed by atoms with Crippen LogP contribution in [0.1, 0.15) is 19.4 Å². The van der Waals surface area contributed by atoms with Gasteiger partial charge in [0.05, 0.1) is 13.7 Å². The number of carbonyl (C=O) groups excluding carboxylic acids is 2. The molecule has 1 unspecified atom stereocenters. The average Bonchev–Trinajstić information content (AvgIpc) is 2.51. The van der Waals surface area contributed by atoms with Gasteiger partial charge in [0, 0.05) is 0 Å². The van der Waals surface area contributed by atoms with Crippen LogP contribution in [-0.4, -0.2) is 38.3 Å². The van der Waals surface area contributed by atoms with Gasteiger partial charge in [-0.05, 0) is 31.5 Å². The van der Waals surface area contributed by atoms with Crippen LogP contribution < -0.4 is 15.2 Å². The molecule has 9 heteroatoms. The lowest BCUT2D eigenvalue weighted by molar-refractivity contribution is -0.200. The minimum absolute atomic E-state index is 0.278. The summed E-state index contributed by atoms with van der Waals surface area (Å²) in [5.74, 6) is -2.61. The van der Waals surface area contributed by atoms with Gasteiger partial charge in [0.2, 0.25) is 0 Å². The Bertz CT molecular complexity index is 614. The highest BCUT2D eigenvalue weighted by Crippen LogP contribution is 2.32. The van der Waals surface area contributed by atoms with Gasteiger partial charge in [0.15, 0.2) is 23.9 Å². The molecule has 0 heterocycles. The van der Waals surface area contributed by atoms with Crippen molar-refractivity contribution in [3.05, 3.63) is 23.8 Å². The zero-order valence-corrected chi connectivity index (χ0v) is 13.4. The standard InChI is InChI=1S/C15H18F3NO5/c1-4-23-11-7-9(5-6-10(11)22-3)14(2,19)12(20)8-24-13(21)15(16,17)18/h5-7H,4,8,19H2,1-3H3. The summed E-state index contributed by atoms with van der Waals surface area (Å²) in [6.45, 7) is 2.28. The van der Waals surface area contributed by atoms with E-state index in [0.29, 0.717) is 18.1 Å². The van der Waals surface area contributed by atoms with Gasteiger partial charge < -0.3 is 19.9 Å². The van der Waals surface area contributed by atoms with Crippen LogP contribution in [0.5, 0.6) is 11.5 Å². The van der Waals surface area contributed by atoms with E-state index in [1.54, 1.807) is 6.92 Å². The molecule has 0 fully saturated rings. The number of esters is 1. The number of ketones is 1. The number of benzene rings is 1. The van der Waals surface area contributed by atoms with E-state index in [9.17, 15) is 22.8 Å². The van der Waals surface area contributed by atoms with Crippen molar-refractivity contribution in [1.82, 2.24) is 0 Å². The summed E-state index contributed by atoms with van der Waals surface area (Å²) in [6, 6.07) is 4.44. The molecule has 24 heavy (non-hydrogen) atoms. The van der Waals surface area contributed by atoms with E-state index < -0.39 is 30.1 Å². The van der Waals surface area contributed by atoms with Gasteiger partial charge in [-0.15, -0.1) is 0 Å². The summed E-state index contributed by atoms with van der Waals surface area (Å²) < 4.78 is 50.7. The zero-order valence-electron chi connectivity index (χ0n) is 13.4. The van der Waals surface area contributed by atoms with Crippen LogP contribution in [0.2, 0.25) is 0 Å². The van der Waals surface area contributed by atoms with E-state index in [2.05, 4.69) is 4.74 Å². The fourth-order valence-corrected chi connectivity index (χ4v) is 1.79. The number of halogens is 3. The lowest BCUT2D eigenvalue weighted by Crippen LogP contribution is -2.45. The molecule has 0 saturated carbocycles. The molecule has 0 aromatic heterocycles. The molecule has 0 radical (unpaired) electrons. The molecule has 1 atom stereocenters. The van der Waals surface area contributed by atoms with Gasteiger partial charge in [0.1, 0.15) is 5.54 Å². The van der Waals surface area contributed by atoms with Crippen LogP contribution in [0.15, 0.2) is 18.2 Å². The largest absolute Gasteiger partial charge is 0.493 e. The third-order valence-corrected chi connectivity index (χ3v) is 3.21. The highest BCUT2D eigenvalue weighted by Gasteiger charge is 2.42. The second kappa shape index (κ2) is 7.52. The summed E-state index contributed by atoms with van der Waals surface area (Å²) in [5, 5.41) is 0. The van der Waals surface area contributed by atoms with Crippen molar-refractivity contribution in [2.45, 2.75) is 25.6 Å². The van der Waals surface area contributed by atoms with E-state index in [4.69, 9.17) is 15.2 Å². The second-order valence-corrected chi connectivity index (χ2v) is 5.00. The van der Waals surface area contributed by atoms with Crippen molar-refractivity contribution >= 4 is 11.8 Å². The highest BCUT2D eigenvalue weighted by molar-refractivity contribution is 5.92. The molecule has 1 aromatic carbocycles. The van der Waals surface area contributed by atoms with Crippen LogP contribution in [0.4, 0.5) is 13.2 Å². The second-order valence-electron chi connectivity index (χ2n) is 5.00. The van der Waals surface area contributed by atoms with Crippen LogP contribution in [0, 0.1) is 0 Å². The van der Waals surface area contributed by atoms with Gasteiger partial charge in [0.25, 0.3) is 0 Å². The molecule has 6 nitrogen and oxygen atoms in total. The Hall–Kier alpha value is -2.29. The Morgan fingerprint density at radius 2 is 1.83 bits per heavy atom. The Morgan fingerprint density at radius 1 is 1.21 bits per heavy atom. The predicted molar refractivity (Wildman–Crippen MR) is 77.7 cm³/mol. The number of methoxy groups -OCH3 is 1. The Labute approximate surface area is 136 Å². The number of ether oxygens (including phenoxy) is 3. The molecule has 0 bridgehead atoms. The number of hydrogen-bond donors (Lipinski definition) is 1. The topological polar surface area (TPSA) is 87.9 Å². The minimum atomic E-state index is -5.17. The van der Waals surface area contributed by atoms with Crippen molar-refractivity contribution in [2.75, 3.05) is 20.3 Å². The monoisotopic (exact) mass is 349 g/mol. The van der Waals surface area contributed by atoms with Gasteiger partial charge in [-0.3, -0.25) is 4.79 Å². The van der Waals surface area contributed by atoms with E-state index in [1.165, 1.54) is 32.2 Å². The molecule has 0 saturated heterocycles. The first-order valence-corrected chi connectivity index (χ1v) is 6.91. The van der Waals surface area contributed by atoms with Gasteiger partial charge in [-0.25, -0.2) is 4.79 Å². The lowest BCUT2D eigenvalue weighted by Gasteiger charge is -2.24. The van der Waals surface area contributed by atoms with Crippen molar-refractivity contribution in [3.8, 4) is 11.5 Å². The van der Waals surface area contributed by atoms with Crippen molar-refractivity contribution in [3.63, 3.8) is 0 Å². The van der Waals surface area contributed by atoms with Crippen molar-refractivity contribution < 1.29 is 37.0 Å². The van der Waals surface area contributed by atoms with Crippen LogP contribution in [-0.2, 0) is 19.9 Å². The molecule has 0 aliphatic heterocycles. The molecule has 134 valence electrons. The smallest absolute Gasteiger partial charge is 0.490 e. The molecule has 2 N–H and O–H groups in total. The summed E-state index contributed by atoms with van der Waals surface area (Å²) in [5.41, 5.74) is 4.52. The normalized spacial score (nSPS) is 13.8. The number of nitrogens with two attached hydrogens (primary N) is 1. The molecule has 1 aromatic rings. The summed E-state index contributed by atoms with van der Waals surface area (Å²) in [6.07, 6.45) is -5.17. The molecule has 0 amide bonds.